The summed E-state index contributed by atoms with van der Waals surface area (Å²) in [5.41, 5.74) is 0.774. The third kappa shape index (κ3) is 4.96. The van der Waals surface area contributed by atoms with Gasteiger partial charge in [0.05, 0.1) is 0 Å². The molecule has 1 rings (SSSR count). The standard InChI is InChI=1S/C14H21FN2O2/c1-17(2)13(11-5-7-12(15)8-6-11)14(18)16-9-4-10-19-3/h5-8,13H,4,9-10H2,1-3H3,(H,16,18)/t13-/m0/s1. The minimum Gasteiger partial charge on any atom is -0.385 e. The lowest BCUT2D eigenvalue weighted by atomic mass is 10.1. The van der Waals surface area contributed by atoms with E-state index in [0.717, 1.165) is 12.0 Å². The van der Waals surface area contributed by atoms with Crippen LogP contribution in [0.1, 0.15) is 18.0 Å². The van der Waals surface area contributed by atoms with Crippen molar-refractivity contribution in [2.75, 3.05) is 34.4 Å². The molecule has 19 heavy (non-hydrogen) atoms. The van der Waals surface area contributed by atoms with Crippen LogP contribution in [0.25, 0.3) is 0 Å². The average Bonchev–Trinajstić information content (AvgIpc) is 2.37. The highest BCUT2D eigenvalue weighted by Crippen LogP contribution is 2.18. The first-order chi connectivity index (χ1) is 9.06. The second-order valence-electron chi connectivity index (χ2n) is 4.56. The topological polar surface area (TPSA) is 41.6 Å². The van der Waals surface area contributed by atoms with E-state index in [9.17, 15) is 9.18 Å². The molecule has 0 saturated carbocycles. The van der Waals surface area contributed by atoms with Crippen molar-refractivity contribution in [3.8, 4) is 0 Å². The maximum atomic E-state index is 12.9. The van der Waals surface area contributed by atoms with Crippen molar-refractivity contribution >= 4 is 5.91 Å². The number of methoxy groups -OCH3 is 1. The van der Waals surface area contributed by atoms with Gasteiger partial charge in [0, 0.05) is 20.3 Å². The molecule has 106 valence electrons. The Morgan fingerprint density at radius 2 is 2.00 bits per heavy atom. The Morgan fingerprint density at radius 3 is 2.53 bits per heavy atom. The van der Waals surface area contributed by atoms with Gasteiger partial charge in [-0.2, -0.15) is 0 Å². The van der Waals surface area contributed by atoms with Crippen molar-refractivity contribution in [1.82, 2.24) is 10.2 Å². The quantitative estimate of drug-likeness (QED) is 0.763. The van der Waals surface area contributed by atoms with Crippen molar-refractivity contribution in [3.05, 3.63) is 35.6 Å². The van der Waals surface area contributed by atoms with E-state index < -0.39 is 6.04 Å². The lowest BCUT2D eigenvalue weighted by Gasteiger charge is -2.23. The number of likely N-dealkylation sites (N-methyl/N-ethyl adjacent to an activating group) is 1. The summed E-state index contributed by atoms with van der Waals surface area (Å²) >= 11 is 0. The maximum Gasteiger partial charge on any atom is 0.241 e. The largest absolute Gasteiger partial charge is 0.385 e. The molecule has 0 aliphatic carbocycles. The van der Waals surface area contributed by atoms with Crippen molar-refractivity contribution in [2.24, 2.45) is 0 Å². The third-order valence-electron chi connectivity index (χ3n) is 2.77. The Hall–Kier alpha value is -1.46. The molecule has 5 heteroatoms. The molecule has 0 bridgehead atoms. The van der Waals surface area contributed by atoms with Gasteiger partial charge in [-0.05, 0) is 38.2 Å². The van der Waals surface area contributed by atoms with E-state index in [1.807, 2.05) is 14.1 Å². The molecule has 0 unspecified atom stereocenters. The van der Waals surface area contributed by atoms with Gasteiger partial charge >= 0.3 is 0 Å². The number of rotatable bonds is 7. The van der Waals surface area contributed by atoms with Gasteiger partial charge in [0.15, 0.2) is 0 Å². The zero-order chi connectivity index (χ0) is 14.3. The maximum absolute atomic E-state index is 12.9. The number of benzene rings is 1. The number of hydrogen-bond donors (Lipinski definition) is 1. The Bertz CT molecular complexity index is 393. The molecule has 0 aliphatic rings. The van der Waals surface area contributed by atoms with Crippen LogP contribution in [-0.2, 0) is 9.53 Å². The fraction of sp³-hybridized carbons (Fsp3) is 0.500. The van der Waals surface area contributed by atoms with Crippen molar-refractivity contribution in [3.63, 3.8) is 0 Å². The molecule has 1 atom stereocenters. The first-order valence-electron chi connectivity index (χ1n) is 6.24. The molecule has 0 heterocycles. The number of nitrogens with one attached hydrogen (secondary N) is 1. The Kier molecular flexibility index (Phi) is 6.45. The van der Waals surface area contributed by atoms with Gasteiger partial charge in [-0.1, -0.05) is 12.1 Å². The van der Waals surface area contributed by atoms with Crippen molar-refractivity contribution < 1.29 is 13.9 Å². The van der Waals surface area contributed by atoms with E-state index >= 15 is 0 Å². The predicted molar refractivity (Wildman–Crippen MR) is 72.3 cm³/mol. The van der Waals surface area contributed by atoms with Crippen LogP contribution in [0, 0.1) is 5.82 Å². The highest BCUT2D eigenvalue weighted by molar-refractivity contribution is 5.83. The summed E-state index contributed by atoms with van der Waals surface area (Å²) in [6, 6.07) is 5.58. The molecule has 0 saturated heterocycles. The van der Waals surface area contributed by atoms with Crippen LogP contribution in [0.3, 0.4) is 0 Å². The molecule has 1 aromatic rings. The fourth-order valence-electron chi connectivity index (χ4n) is 1.85. The van der Waals surface area contributed by atoms with E-state index in [1.165, 1.54) is 12.1 Å². The lowest BCUT2D eigenvalue weighted by molar-refractivity contribution is -0.125. The minimum absolute atomic E-state index is 0.0901. The van der Waals surface area contributed by atoms with Gasteiger partial charge < -0.3 is 10.1 Å². The van der Waals surface area contributed by atoms with E-state index in [1.54, 1.807) is 24.1 Å². The monoisotopic (exact) mass is 268 g/mol. The summed E-state index contributed by atoms with van der Waals surface area (Å²) in [5, 5.41) is 2.86. The van der Waals surface area contributed by atoms with Crippen LogP contribution in [0.15, 0.2) is 24.3 Å². The lowest BCUT2D eigenvalue weighted by Crippen LogP contribution is -2.37. The normalized spacial score (nSPS) is 12.5. The fourth-order valence-corrected chi connectivity index (χ4v) is 1.85. The van der Waals surface area contributed by atoms with Gasteiger partial charge in [0.25, 0.3) is 0 Å². The molecular formula is C14H21FN2O2. The Balaban J connectivity index is 2.66. The zero-order valence-electron chi connectivity index (χ0n) is 11.6. The van der Waals surface area contributed by atoms with Gasteiger partial charge in [0.2, 0.25) is 5.91 Å². The summed E-state index contributed by atoms with van der Waals surface area (Å²) in [6.07, 6.45) is 0.770. The second-order valence-corrected chi connectivity index (χ2v) is 4.56. The van der Waals surface area contributed by atoms with Crippen LogP contribution < -0.4 is 5.32 Å². The van der Waals surface area contributed by atoms with Gasteiger partial charge in [-0.25, -0.2) is 4.39 Å². The molecule has 0 aliphatic heterocycles. The number of hydrogen-bond acceptors (Lipinski definition) is 3. The summed E-state index contributed by atoms with van der Waals surface area (Å²) in [6.45, 7) is 1.18. The number of halogens is 1. The molecule has 4 nitrogen and oxygen atoms in total. The zero-order valence-corrected chi connectivity index (χ0v) is 11.6. The number of ether oxygens (including phenoxy) is 1. The minimum atomic E-state index is -0.414. The van der Waals surface area contributed by atoms with E-state index in [0.29, 0.717) is 13.2 Å². The van der Waals surface area contributed by atoms with E-state index in [2.05, 4.69) is 5.32 Å². The van der Waals surface area contributed by atoms with Crippen LogP contribution in [-0.4, -0.2) is 45.2 Å². The number of carbonyl (C=O) groups excluding carboxylic acids is 1. The van der Waals surface area contributed by atoms with E-state index in [-0.39, 0.29) is 11.7 Å². The van der Waals surface area contributed by atoms with Gasteiger partial charge in [0.1, 0.15) is 11.9 Å². The van der Waals surface area contributed by atoms with Gasteiger partial charge in [-0.15, -0.1) is 0 Å². The summed E-state index contributed by atoms with van der Waals surface area (Å²) < 4.78 is 17.8. The molecule has 1 amide bonds. The highest BCUT2D eigenvalue weighted by atomic mass is 19.1. The Morgan fingerprint density at radius 1 is 1.37 bits per heavy atom. The second kappa shape index (κ2) is 7.86. The first-order valence-corrected chi connectivity index (χ1v) is 6.24. The molecule has 0 aromatic heterocycles. The van der Waals surface area contributed by atoms with E-state index in [4.69, 9.17) is 4.74 Å². The summed E-state index contributed by atoms with van der Waals surface area (Å²) in [7, 11) is 5.27. The first kappa shape index (κ1) is 15.6. The summed E-state index contributed by atoms with van der Waals surface area (Å²) in [4.78, 5) is 14.0. The van der Waals surface area contributed by atoms with Crippen molar-refractivity contribution in [1.29, 1.82) is 0 Å². The molecule has 1 aromatic carbocycles. The summed E-state index contributed by atoms with van der Waals surface area (Å²) in [5.74, 6) is -0.394. The van der Waals surface area contributed by atoms with Gasteiger partial charge in [-0.3, -0.25) is 9.69 Å². The molecule has 0 spiro atoms. The highest BCUT2D eigenvalue weighted by Gasteiger charge is 2.22. The van der Waals surface area contributed by atoms with Crippen LogP contribution >= 0.6 is 0 Å². The number of amides is 1. The average molecular weight is 268 g/mol. The molecule has 0 radical (unpaired) electrons. The number of carbonyl (C=O) groups is 1. The molecule has 0 fully saturated rings. The SMILES string of the molecule is COCCCNC(=O)[C@H](c1ccc(F)cc1)N(C)C. The third-order valence-corrected chi connectivity index (χ3v) is 2.77. The predicted octanol–water partition coefficient (Wildman–Crippen LogP) is 1.58. The Labute approximate surface area is 113 Å². The van der Waals surface area contributed by atoms with Crippen LogP contribution in [0.5, 0.6) is 0 Å². The molecular weight excluding hydrogens is 247 g/mol. The van der Waals surface area contributed by atoms with Crippen LogP contribution in [0.2, 0.25) is 0 Å². The molecule has 1 N–H and O–H groups in total. The van der Waals surface area contributed by atoms with Crippen LogP contribution in [0.4, 0.5) is 4.39 Å². The number of nitrogens with zero attached hydrogens (tertiary/aromatic N) is 1. The smallest absolute Gasteiger partial charge is 0.241 e. The van der Waals surface area contributed by atoms with Crippen molar-refractivity contribution in [2.45, 2.75) is 12.5 Å².